The SMILES string of the molecule is NNC(=O)c1ccc(OCCN2CCOC(CO)C2)cc1. The number of hydrazine groups is 1. The van der Waals surface area contributed by atoms with Crippen molar-refractivity contribution in [3.05, 3.63) is 29.8 Å². The molecule has 1 fully saturated rings. The fraction of sp³-hybridized carbons (Fsp3) is 0.500. The first-order valence-electron chi connectivity index (χ1n) is 6.91. The Kier molecular flexibility index (Phi) is 5.94. The number of morpholine rings is 1. The number of nitrogens with two attached hydrogens (primary N) is 1. The van der Waals surface area contributed by atoms with Crippen LogP contribution in [-0.2, 0) is 4.74 Å². The second-order valence-electron chi connectivity index (χ2n) is 4.82. The van der Waals surface area contributed by atoms with Crippen molar-refractivity contribution >= 4 is 5.91 Å². The van der Waals surface area contributed by atoms with E-state index in [1.807, 2.05) is 0 Å². The Morgan fingerprint density at radius 1 is 1.48 bits per heavy atom. The molecule has 0 bridgehead atoms. The second-order valence-corrected chi connectivity index (χ2v) is 4.82. The van der Waals surface area contributed by atoms with E-state index in [0.29, 0.717) is 24.5 Å². The molecule has 1 amide bonds. The molecule has 7 nitrogen and oxygen atoms in total. The number of nitrogens with one attached hydrogen (secondary N) is 1. The van der Waals surface area contributed by atoms with Crippen LogP contribution in [0.5, 0.6) is 5.75 Å². The van der Waals surface area contributed by atoms with E-state index in [-0.39, 0.29) is 18.6 Å². The number of hydrogen-bond donors (Lipinski definition) is 3. The maximum atomic E-state index is 11.3. The minimum atomic E-state index is -0.329. The average molecular weight is 295 g/mol. The van der Waals surface area contributed by atoms with Crippen LogP contribution < -0.4 is 16.0 Å². The van der Waals surface area contributed by atoms with Gasteiger partial charge in [0.05, 0.1) is 19.3 Å². The Bertz CT molecular complexity index is 452. The molecule has 1 aromatic carbocycles. The van der Waals surface area contributed by atoms with Crippen LogP contribution in [0, 0.1) is 0 Å². The van der Waals surface area contributed by atoms with E-state index in [1.165, 1.54) is 0 Å². The first-order valence-corrected chi connectivity index (χ1v) is 6.91. The van der Waals surface area contributed by atoms with Crippen LogP contribution >= 0.6 is 0 Å². The summed E-state index contributed by atoms with van der Waals surface area (Å²) >= 11 is 0. The van der Waals surface area contributed by atoms with Crippen LogP contribution in [0.1, 0.15) is 10.4 Å². The van der Waals surface area contributed by atoms with Crippen molar-refractivity contribution in [2.24, 2.45) is 5.84 Å². The molecule has 1 saturated heterocycles. The number of ether oxygens (including phenoxy) is 2. The number of carbonyl (C=O) groups excluding carboxylic acids is 1. The van der Waals surface area contributed by atoms with Gasteiger partial charge in [0.25, 0.3) is 5.91 Å². The summed E-state index contributed by atoms with van der Waals surface area (Å²) in [4.78, 5) is 13.5. The highest BCUT2D eigenvalue weighted by atomic mass is 16.5. The molecule has 0 aliphatic carbocycles. The molecule has 2 rings (SSSR count). The number of benzene rings is 1. The fourth-order valence-electron chi connectivity index (χ4n) is 2.17. The molecule has 1 unspecified atom stereocenters. The Labute approximate surface area is 123 Å². The van der Waals surface area contributed by atoms with E-state index in [0.717, 1.165) is 19.6 Å². The van der Waals surface area contributed by atoms with Gasteiger partial charge < -0.3 is 14.6 Å². The smallest absolute Gasteiger partial charge is 0.265 e. The van der Waals surface area contributed by atoms with E-state index in [4.69, 9.17) is 20.4 Å². The topological polar surface area (TPSA) is 97.0 Å². The number of hydrogen-bond acceptors (Lipinski definition) is 6. The minimum Gasteiger partial charge on any atom is -0.492 e. The summed E-state index contributed by atoms with van der Waals surface area (Å²) in [5, 5.41) is 9.08. The molecule has 0 saturated carbocycles. The summed E-state index contributed by atoms with van der Waals surface area (Å²) in [5.41, 5.74) is 2.57. The van der Waals surface area contributed by atoms with Gasteiger partial charge in [-0.3, -0.25) is 15.1 Å². The van der Waals surface area contributed by atoms with E-state index >= 15 is 0 Å². The number of nitrogen functional groups attached to an aromatic ring is 1. The van der Waals surface area contributed by atoms with Crippen LogP contribution in [0.15, 0.2) is 24.3 Å². The molecule has 0 spiro atoms. The number of nitrogens with zero attached hydrogens (tertiary/aromatic N) is 1. The van der Waals surface area contributed by atoms with E-state index in [1.54, 1.807) is 24.3 Å². The third-order valence-corrected chi connectivity index (χ3v) is 3.35. The molecular weight excluding hydrogens is 274 g/mol. The minimum absolute atomic E-state index is 0.0437. The van der Waals surface area contributed by atoms with Gasteiger partial charge in [-0.2, -0.15) is 0 Å². The molecule has 1 aliphatic rings. The second kappa shape index (κ2) is 7.94. The lowest BCUT2D eigenvalue weighted by atomic mass is 10.2. The Balaban J connectivity index is 1.74. The summed E-state index contributed by atoms with van der Waals surface area (Å²) in [6.45, 7) is 3.55. The molecule has 116 valence electrons. The third kappa shape index (κ3) is 4.68. The normalized spacial score (nSPS) is 19.2. The van der Waals surface area contributed by atoms with Gasteiger partial charge in [0.2, 0.25) is 0 Å². The Morgan fingerprint density at radius 3 is 2.90 bits per heavy atom. The van der Waals surface area contributed by atoms with Crippen LogP contribution in [0.4, 0.5) is 0 Å². The molecule has 1 aliphatic heterocycles. The van der Waals surface area contributed by atoms with Crippen molar-refractivity contribution < 1.29 is 19.4 Å². The largest absolute Gasteiger partial charge is 0.492 e. The molecule has 4 N–H and O–H groups in total. The van der Waals surface area contributed by atoms with Gasteiger partial charge in [0.15, 0.2) is 0 Å². The molecule has 1 heterocycles. The first-order chi connectivity index (χ1) is 10.2. The van der Waals surface area contributed by atoms with Crippen molar-refractivity contribution in [2.75, 3.05) is 39.5 Å². The molecule has 0 radical (unpaired) electrons. The van der Waals surface area contributed by atoms with Crippen molar-refractivity contribution in [3.8, 4) is 5.75 Å². The van der Waals surface area contributed by atoms with Crippen LogP contribution in [0.3, 0.4) is 0 Å². The molecular formula is C14H21N3O4. The molecule has 21 heavy (non-hydrogen) atoms. The van der Waals surface area contributed by atoms with Gasteiger partial charge in [-0.15, -0.1) is 0 Å². The molecule has 0 aromatic heterocycles. The molecule has 1 atom stereocenters. The summed E-state index contributed by atoms with van der Waals surface area (Å²) in [5.74, 6) is 5.44. The van der Waals surface area contributed by atoms with Gasteiger partial charge >= 0.3 is 0 Å². The van der Waals surface area contributed by atoms with Crippen molar-refractivity contribution in [1.29, 1.82) is 0 Å². The van der Waals surface area contributed by atoms with Crippen LogP contribution in [0.25, 0.3) is 0 Å². The van der Waals surface area contributed by atoms with Crippen molar-refractivity contribution in [3.63, 3.8) is 0 Å². The third-order valence-electron chi connectivity index (χ3n) is 3.35. The zero-order valence-corrected chi connectivity index (χ0v) is 11.8. The zero-order chi connectivity index (χ0) is 15.1. The van der Waals surface area contributed by atoms with Crippen molar-refractivity contribution in [2.45, 2.75) is 6.10 Å². The summed E-state index contributed by atoms with van der Waals surface area (Å²) in [6, 6.07) is 6.79. The maximum absolute atomic E-state index is 11.3. The first kappa shape index (κ1) is 15.7. The van der Waals surface area contributed by atoms with Crippen LogP contribution in [-0.4, -0.2) is 61.5 Å². The summed E-state index contributed by atoms with van der Waals surface area (Å²) in [6.07, 6.45) is -0.104. The highest BCUT2D eigenvalue weighted by molar-refractivity contribution is 5.93. The number of rotatable bonds is 6. The Hall–Kier alpha value is -1.67. The molecule has 7 heteroatoms. The van der Waals surface area contributed by atoms with Crippen LogP contribution in [0.2, 0.25) is 0 Å². The van der Waals surface area contributed by atoms with E-state index in [9.17, 15) is 4.79 Å². The van der Waals surface area contributed by atoms with E-state index < -0.39 is 0 Å². The molecule has 1 aromatic rings. The monoisotopic (exact) mass is 295 g/mol. The average Bonchev–Trinajstić information content (AvgIpc) is 2.55. The Morgan fingerprint density at radius 2 is 2.24 bits per heavy atom. The highest BCUT2D eigenvalue weighted by Crippen LogP contribution is 2.12. The lowest BCUT2D eigenvalue weighted by Crippen LogP contribution is -2.45. The fourth-order valence-corrected chi connectivity index (χ4v) is 2.17. The van der Waals surface area contributed by atoms with Gasteiger partial charge in [-0.1, -0.05) is 0 Å². The quantitative estimate of drug-likeness (QED) is 0.367. The number of aliphatic hydroxyl groups excluding tert-OH is 1. The summed E-state index contributed by atoms with van der Waals surface area (Å²) in [7, 11) is 0. The summed E-state index contributed by atoms with van der Waals surface area (Å²) < 4.78 is 11.0. The lowest BCUT2D eigenvalue weighted by Gasteiger charge is -2.31. The van der Waals surface area contributed by atoms with Crippen molar-refractivity contribution in [1.82, 2.24) is 10.3 Å². The van der Waals surface area contributed by atoms with Gasteiger partial charge in [-0.25, -0.2) is 5.84 Å². The van der Waals surface area contributed by atoms with Gasteiger partial charge in [0.1, 0.15) is 12.4 Å². The highest BCUT2D eigenvalue weighted by Gasteiger charge is 2.19. The predicted molar refractivity (Wildman–Crippen MR) is 76.9 cm³/mol. The maximum Gasteiger partial charge on any atom is 0.265 e. The van der Waals surface area contributed by atoms with Gasteiger partial charge in [0, 0.05) is 25.2 Å². The lowest BCUT2D eigenvalue weighted by molar-refractivity contribution is -0.0547. The number of carbonyl (C=O) groups is 1. The predicted octanol–water partition coefficient (Wildman–Crippen LogP) is -0.638. The number of amides is 1. The zero-order valence-electron chi connectivity index (χ0n) is 11.8. The van der Waals surface area contributed by atoms with E-state index in [2.05, 4.69) is 10.3 Å². The standard InChI is InChI=1S/C14H21N3O4/c15-16-14(19)11-1-3-12(4-2-11)20-7-5-17-6-8-21-13(9-17)10-18/h1-4,13,18H,5-10,15H2,(H,16,19). The van der Waals surface area contributed by atoms with Gasteiger partial charge in [-0.05, 0) is 24.3 Å². The number of aliphatic hydroxyl groups is 1.